The first-order chi connectivity index (χ1) is 13.2. The number of hydrogen-bond donors (Lipinski definition) is 1. The lowest BCUT2D eigenvalue weighted by atomic mass is 10.0. The standard InChI is InChI=1S/C22H19N3OS/c1-16-6-8-18(9-7-16)19-15-27-21(20(19)25-11-2-3-12-25)22(26)24-14-17-5-4-10-23-13-17/h2-13,15H,14H2,1H3,(H,24,26). The molecule has 4 aromatic rings. The second-order valence-corrected chi connectivity index (χ2v) is 7.21. The summed E-state index contributed by atoms with van der Waals surface area (Å²) in [7, 11) is 0. The van der Waals surface area contributed by atoms with Crippen LogP contribution in [0.5, 0.6) is 0 Å². The minimum absolute atomic E-state index is 0.0779. The number of amides is 1. The second-order valence-electron chi connectivity index (χ2n) is 6.33. The third kappa shape index (κ3) is 3.68. The van der Waals surface area contributed by atoms with E-state index in [1.807, 2.05) is 41.2 Å². The number of aryl methyl sites for hydroxylation is 1. The number of nitrogens with one attached hydrogen (secondary N) is 1. The Morgan fingerprint density at radius 3 is 2.59 bits per heavy atom. The second kappa shape index (κ2) is 7.60. The quantitative estimate of drug-likeness (QED) is 0.544. The molecule has 0 saturated carbocycles. The minimum Gasteiger partial charge on any atom is -0.347 e. The largest absolute Gasteiger partial charge is 0.347 e. The zero-order valence-electron chi connectivity index (χ0n) is 14.9. The van der Waals surface area contributed by atoms with Crippen LogP contribution in [0.2, 0.25) is 0 Å². The van der Waals surface area contributed by atoms with E-state index in [2.05, 4.69) is 46.9 Å². The van der Waals surface area contributed by atoms with Crippen molar-refractivity contribution in [2.24, 2.45) is 0 Å². The Hall–Kier alpha value is -3.18. The van der Waals surface area contributed by atoms with Gasteiger partial charge >= 0.3 is 0 Å². The zero-order chi connectivity index (χ0) is 18.6. The van der Waals surface area contributed by atoms with Gasteiger partial charge in [-0.15, -0.1) is 11.3 Å². The zero-order valence-corrected chi connectivity index (χ0v) is 15.7. The molecule has 0 unspecified atom stereocenters. The summed E-state index contributed by atoms with van der Waals surface area (Å²) in [6, 6.07) is 16.1. The Morgan fingerprint density at radius 1 is 1.11 bits per heavy atom. The molecule has 0 bridgehead atoms. The van der Waals surface area contributed by atoms with Crippen molar-refractivity contribution in [2.45, 2.75) is 13.5 Å². The molecule has 5 heteroatoms. The van der Waals surface area contributed by atoms with Crippen molar-refractivity contribution in [1.82, 2.24) is 14.9 Å². The number of hydrogen-bond acceptors (Lipinski definition) is 3. The predicted molar refractivity (Wildman–Crippen MR) is 109 cm³/mol. The van der Waals surface area contributed by atoms with Crippen LogP contribution in [0, 0.1) is 6.92 Å². The third-order valence-corrected chi connectivity index (χ3v) is 5.34. The number of rotatable bonds is 5. The molecule has 27 heavy (non-hydrogen) atoms. The van der Waals surface area contributed by atoms with E-state index in [0.717, 1.165) is 22.4 Å². The number of pyridine rings is 1. The smallest absolute Gasteiger partial charge is 0.263 e. The molecular formula is C22H19N3OS. The summed E-state index contributed by atoms with van der Waals surface area (Å²) in [4.78, 5) is 17.7. The fourth-order valence-electron chi connectivity index (χ4n) is 2.96. The number of aromatic nitrogens is 2. The monoisotopic (exact) mass is 373 g/mol. The van der Waals surface area contributed by atoms with Crippen LogP contribution in [0.4, 0.5) is 0 Å². The van der Waals surface area contributed by atoms with Crippen LogP contribution in [0.3, 0.4) is 0 Å². The maximum atomic E-state index is 12.9. The fraction of sp³-hybridized carbons (Fsp3) is 0.0909. The summed E-state index contributed by atoms with van der Waals surface area (Å²) in [5, 5.41) is 5.06. The third-order valence-electron chi connectivity index (χ3n) is 4.37. The van der Waals surface area contributed by atoms with Gasteiger partial charge in [-0.2, -0.15) is 0 Å². The summed E-state index contributed by atoms with van der Waals surface area (Å²) < 4.78 is 2.00. The van der Waals surface area contributed by atoms with Crippen molar-refractivity contribution < 1.29 is 4.79 Å². The Balaban J connectivity index is 1.68. The topological polar surface area (TPSA) is 46.9 Å². The van der Waals surface area contributed by atoms with Gasteiger partial charge in [-0.25, -0.2) is 0 Å². The van der Waals surface area contributed by atoms with Crippen molar-refractivity contribution in [3.63, 3.8) is 0 Å². The molecule has 0 radical (unpaired) electrons. The van der Waals surface area contributed by atoms with Crippen molar-refractivity contribution >= 4 is 17.2 Å². The fourth-order valence-corrected chi connectivity index (χ4v) is 3.95. The first-order valence-corrected chi connectivity index (χ1v) is 9.59. The normalized spacial score (nSPS) is 10.7. The highest BCUT2D eigenvalue weighted by Crippen LogP contribution is 2.35. The average Bonchev–Trinajstić information content (AvgIpc) is 3.37. The number of benzene rings is 1. The van der Waals surface area contributed by atoms with Gasteiger partial charge in [-0.05, 0) is 36.2 Å². The van der Waals surface area contributed by atoms with E-state index in [-0.39, 0.29) is 5.91 Å². The molecule has 0 aliphatic heterocycles. The number of carbonyl (C=O) groups excluding carboxylic acids is 1. The summed E-state index contributed by atoms with van der Waals surface area (Å²) in [6.45, 7) is 2.52. The van der Waals surface area contributed by atoms with Gasteiger partial charge in [0.25, 0.3) is 5.91 Å². The van der Waals surface area contributed by atoms with E-state index in [1.54, 1.807) is 12.4 Å². The molecule has 0 saturated heterocycles. The van der Waals surface area contributed by atoms with Gasteiger partial charge in [0, 0.05) is 42.3 Å². The summed E-state index contributed by atoms with van der Waals surface area (Å²) in [5.41, 5.74) is 5.27. The average molecular weight is 373 g/mol. The Labute approximate surface area is 162 Å². The van der Waals surface area contributed by atoms with E-state index in [4.69, 9.17) is 0 Å². The highest BCUT2D eigenvalue weighted by atomic mass is 32.1. The van der Waals surface area contributed by atoms with E-state index < -0.39 is 0 Å². The number of carbonyl (C=O) groups is 1. The lowest BCUT2D eigenvalue weighted by Gasteiger charge is -2.10. The molecule has 0 atom stereocenters. The van der Waals surface area contributed by atoms with Gasteiger partial charge in [-0.3, -0.25) is 9.78 Å². The molecular weight excluding hydrogens is 354 g/mol. The molecule has 134 valence electrons. The summed E-state index contributed by atoms with van der Waals surface area (Å²) in [5.74, 6) is -0.0779. The van der Waals surface area contributed by atoms with Crippen LogP contribution in [0.15, 0.2) is 78.7 Å². The van der Waals surface area contributed by atoms with Crippen LogP contribution >= 0.6 is 11.3 Å². The van der Waals surface area contributed by atoms with E-state index in [0.29, 0.717) is 11.4 Å². The highest BCUT2D eigenvalue weighted by Gasteiger charge is 2.20. The van der Waals surface area contributed by atoms with E-state index >= 15 is 0 Å². The van der Waals surface area contributed by atoms with E-state index in [9.17, 15) is 4.79 Å². The Kier molecular flexibility index (Phi) is 4.85. The predicted octanol–water partition coefficient (Wildman–Crippen LogP) is 4.84. The number of thiophene rings is 1. The van der Waals surface area contributed by atoms with Gasteiger partial charge in [0.2, 0.25) is 0 Å². The SMILES string of the molecule is Cc1ccc(-c2csc(C(=O)NCc3cccnc3)c2-n2cccc2)cc1. The van der Waals surface area contributed by atoms with Crippen molar-refractivity contribution in [3.8, 4) is 16.8 Å². The molecule has 1 amide bonds. The molecule has 1 N–H and O–H groups in total. The molecule has 1 aromatic carbocycles. The maximum Gasteiger partial charge on any atom is 0.263 e. The first-order valence-electron chi connectivity index (χ1n) is 8.71. The van der Waals surface area contributed by atoms with Gasteiger partial charge in [0.05, 0.1) is 5.69 Å². The maximum absolute atomic E-state index is 12.9. The molecule has 3 heterocycles. The number of nitrogens with zero attached hydrogens (tertiary/aromatic N) is 2. The Bertz CT molecular complexity index is 1040. The minimum atomic E-state index is -0.0779. The highest BCUT2D eigenvalue weighted by molar-refractivity contribution is 7.13. The lowest BCUT2D eigenvalue weighted by Crippen LogP contribution is -2.23. The van der Waals surface area contributed by atoms with Crippen molar-refractivity contribution in [1.29, 1.82) is 0 Å². The van der Waals surface area contributed by atoms with Crippen LogP contribution < -0.4 is 5.32 Å². The van der Waals surface area contributed by atoms with Crippen LogP contribution in [-0.4, -0.2) is 15.5 Å². The molecule has 0 aliphatic rings. The molecule has 4 rings (SSSR count). The summed E-state index contributed by atoms with van der Waals surface area (Å²) in [6.07, 6.45) is 7.43. The van der Waals surface area contributed by atoms with Gasteiger partial charge in [0.15, 0.2) is 0 Å². The van der Waals surface area contributed by atoms with Crippen LogP contribution in [0.25, 0.3) is 16.8 Å². The van der Waals surface area contributed by atoms with E-state index in [1.165, 1.54) is 16.9 Å². The van der Waals surface area contributed by atoms with Gasteiger partial charge in [0.1, 0.15) is 4.88 Å². The summed E-state index contributed by atoms with van der Waals surface area (Å²) >= 11 is 1.47. The van der Waals surface area contributed by atoms with Crippen molar-refractivity contribution in [2.75, 3.05) is 0 Å². The lowest BCUT2D eigenvalue weighted by molar-refractivity contribution is 0.0955. The molecule has 4 nitrogen and oxygen atoms in total. The molecule has 0 aliphatic carbocycles. The van der Waals surface area contributed by atoms with Gasteiger partial charge < -0.3 is 9.88 Å². The first kappa shape index (κ1) is 17.2. The Morgan fingerprint density at radius 2 is 1.89 bits per heavy atom. The van der Waals surface area contributed by atoms with Crippen LogP contribution in [0.1, 0.15) is 20.8 Å². The van der Waals surface area contributed by atoms with Gasteiger partial charge in [-0.1, -0.05) is 35.9 Å². The molecule has 0 fully saturated rings. The molecule has 0 spiro atoms. The van der Waals surface area contributed by atoms with Crippen LogP contribution in [-0.2, 0) is 6.54 Å². The molecule has 3 aromatic heterocycles. The van der Waals surface area contributed by atoms with Crippen molar-refractivity contribution in [3.05, 3.63) is 94.7 Å².